The van der Waals surface area contributed by atoms with E-state index in [2.05, 4.69) is 20.7 Å². The minimum absolute atomic E-state index is 0.154. The van der Waals surface area contributed by atoms with Crippen LogP contribution in [0.3, 0.4) is 0 Å². The van der Waals surface area contributed by atoms with Crippen LogP contribution in [0, 0.1) is 0 Å². The molecular formula is C12H17BrN2O4S2. The van der Waals surface area contributed by atoms with Crippen LogP contribution in [0.15, 0.2) is 33.6 Å². The number of rotatable bonds is 4. The first-order valence-corrected chi connectivity index (χ1v) is 10.5. The van der Waals surface area contributed by atoms with E-state index in [0.717, 1.165) is 6.26 Å². The van der Waals surface area contributed by atoms with Gasteiger partial charge in [0.1, 0.15) is 0 Å². The van der Waals surface area contributed by atoms with Crippen molar-refractivity contribution in [3.63, 3.8) is 0 Å². The summed E-state index contributed by atoms with van der Waals surface area (Å²) in [6.07, 6.45) is 2.39. The molecule has 0 aromatic heterocycles. The van der Waals surface area contributed by atoms with Crippen LogP contribution in [0.2, 0.25) is 0 Å². The van der Waals surface area contributed by atoms with Gasteiger partial charge in [-0.3, -0.25) is 0 Å². The molecule has 0 bridgehead atoms. The number of benzene rings is 1. The number of halogens is 1. The maximum absolute atomic E-state index is 12.4. The standard InChI is InChI=1S/C12H17BrN2O4S2/c1-20(16,17)15-8-4-5-10(9-15)14-21(18,19)12-7-3-2-6-11(12)13/h2-3,6-7,10,14H,4-5,8-9H2,1H3. The summed E-state index contributed by atoms with van der Waals surface area (Å²) < 4.78 is 52.2. The van der Waals surface area contributed by atoms with Gasteiger partial charge in [-0.25, -0.2) is 25.9 Å². The first kappa shape index (κ1) is 16.9. The molecule has 0 aliphatic carbocycles. The van der Waals surface area contributed by atoms with E-state index >= 15 is 0 Å². The Morgan fingerprint density at radius 3 is 2.52 bits per heavy atom. The Kier molecular flexibility index (Phi) is 5.09. The molecule has 0 saturated carbocycles. The number of sulfonamides is 2. The Labute approximate surface area is 133 Å². The smallest absolute Gasteiger partial charge is 0.213 e. The zero-order valence-electron chi connectivity index (χ0n) is 11.5. The molecule has 0 amide bonds. The molecule has 1 aromatic rings. The van der Waals surface area contributed by atoms with Gasteiger partial charge >= 0.3 is 0 Å². The molecule has 21 heavy (non-hydrogen) atoms. The van der Waals surface area contributed by atoms with Gasteiger partial charge in [0.25, 0.3) is 0 Å². The normalized spacial score (nSPS) is 21.3. The van der Waals surface area contributed by atoms with E-state index in [1.54, 1.807) is 18.2 Å². The fraction of sp³-hybridized carbons (Fsp3) is 0.500. The van der Waals surface area contributed by atoms with Crippen molar-refractivity contribution >= 4 is 36.0 Å². The first-order chi connectivity index (χ1) is 9.70. The van der Waals surface area contributed by atoms with Crippen molar-refractivity contribution in [3.8, 4) is 0 Å². The van der Waals surface area contributed by atoms with Crippen LogP contribution in [0.4, 0.5) is 0 Å². The van der Waals surface area contributed by atoms with Crippen molar-refractivity contribution in [2.24, 2.45) is 0 Å². The Hall–Kier alpha value is -0.480. The lowest BCUT2D eigenvalue weighted by Crippen LogP contribution is -2.49. The average Bonchev–Trinajstić information content (AvgIpc) is 2.37. The second kappa shape index (κ2) is 6.33. The second-order valence-electron chi connectivity index (χ2n) is 5.01. The highest BCUT2D eigenvalue weighted by molar-refractivity contribution is 9.10. The summed E-state index contributed by atoms with van der Waals surface area (Å²) in [5, 5.41) is 0. The molecule has 9 heteroatoms. The third kappa shape index (κ3) is 4.26. The quantitative estimate of drug-likeness (QED) is 0.826. The predicted molar refractivity (Wildman–Crippen MR) is 83.9 cm³/mol. The van der Waals surface area contributed by atoms with E-state index in [1.165, 1.54) is 10.4 Å². The lowest BCUT2D eigenvalue weighted by Gasteiger charge is -2.31. The van der Waals surface area contributed by atoms with Gasteiger partial charge in [-0.05, 0) is 40.9 Å². The van der Waals surface area contributed by atoms with Crippen molar-refractivity contribution in [1.82, 2.24) is 9.03 Å². The largest absolute Gasteiger partial charge is 0.241 e. The van der Waals surface area contributed by atoms with Crippen LogP contribution in [0.1, 0.15) is 12.8 Å². The van der Waals surface area contributed by atoms with Crippen LogP contribution in [0.5, 0.6) is 0 Å². The van der Waals surface area contributed by atoms with Crippen LogP contribution >= 0.6 is 15.9 Å². The third-order valence-corrected chi connectivity index (χ3v) is 7.10. The highest BCUT2D eigenvalue weighted by atomic mass is 79.9. The van der Waals surface area contributed by atoms with Gasteiger partial charge < -0.3 is 0 Å². The van der Waals surface area contributed by atoms with E-state index in [0.29, 0.717) is 23.9 Å². The molecule has 6 nitrogen and oxygen atoms in total. The van der Waals surface area contributed by atoms with E-state index in [9.17, 15) is 16.8 Å². The minimum Gasteiger partial charge on any atom is -0.213 e. The first-order valence-electron chi connectivity index (χ1n) is 6.42. The van der Waals surface area contributed by atoms with Crippen LogP contribution in [0.25, 0.3) is 0 Å². The van der Waals surface area contributed by atoms with E-state index in [1.807, 2.05) is 0 Å². The fourth-order valence-corrected chi connectivity index (χ4v) is 5.46. The summed E-state index contributed by atoms with van der Waals surface area (Å²) in [5.41, 5.74) is 0. The zero-order valence-corrected chi connectivity index (χ0v) is 14.7. The predicted octanol–water partition coefficient (Wildman–Crippen LogP) is 1.15. The average molecular weight is 397 g/mol. The van der Waals surface area contributed by atoms with Crippen LogP contribution < -0.4 is 4.72 Å². The SMILES string of the molecule is CS(=O)(=O)N1CCCC(NS(=O)(=O)c2ccccc2Br)C1. The van der Waals surface area contributed by atoms with E-state index in [4.69, 9.17) is 0 Å². The van der Waals surface area contributed by atoms with Gasteiger partial charge in [0.15, 0.2) is 0 Å². The van der Waals surface area contributed by atoms with Gasteiger partial charge in [-0.2, -0.15) is 0 Å². The van der Waals surface area contributed by atoms with Gasteiger partial charge in [0.2, 0.25) is 20.0 Å². The molecule has 1 atom stereocenters. The van der Waals surface area contributed by atoms with Crippen molar-refractivity contribution in [2.45, 2.75) is 23.8 Å². The summed E-state index contributed by atoms with van der Waals surface area (Å²) in [5.74, 6) is 0. The zero-order chi connectivity index (χ0) is 15.7. The van der Waals surface area contributed by atoms with Gasteiger partial charge in [-0.1, -0.05) is 12.1 Å². The highest BCUT2D eigenvalue weighted by Gasteiger charge is 2.29. The maximum atomic E-state index is 12.4. The molecule has 1 fully saturated rings. The molecule has 1 heterocycles. The Bertz CT molecular complexity index is 719. The number of hydrogen-bond acceptors (Lipinski definition) is 4. The van der Waals surface area contributed by atoms with Gasteiger partial charge in [0, 0.05) is 23.6 Å². The topological polar surface area (TPSA) is 83.6 Å². The maximum Gasteiger partial charge on any atom is 0.241 e. The summed E-state index contributed by atoms with van der Waals surface area (Å²) in [7, 11) is -6.98. The summed E-state index contributed by atoms with van der Waals surface area (Å²) in [4.78, 5) is 0.154. The van der Waals surface area contributed by atoms with E-state index in [-0.39, 0.29) is 11.4 Å². The number of nitrogens with zero attached hydrogens (tertiary/aromatic N) is 1. The molecule has 1 aromatic carbocycles. The van der Waals surface area contributed by atoms with Crippen LogP contribution in [-0.4, -0.2) is 46.5 Å². The molecule has 0 spiro atoms. The van der Waals surface area contributed by atoms with Gasteiger partial charge in [0.05, 0.1) is 11.2 Å². The fourth-order valence-electron chi connectivity index (χ4n) is 2.29. The van der Waals surface area contributed by atoms with Crippen molar-refractivity contribution in [1.29, 1.82) is 0 Å². The number of hydrogen-bond donors (Lipinski definition) is 1. The molecule has 1 aliphatic heterocycles. The number of nitrogens with one attached hydrogen (secondary N) is 1. The van der Waals surface area contributed by atoms with Crippen molar-refractivity contribution in [2.75, 3.05) is 19.3 Å². The van der Waals surface area contributed by atoms with Crippen molar-refractivity contribution in [3.05, 3.63) is 28.7 Å². The molecule has 2 rings (SSSR count). The van der Waals surface area contributed by atoms with Gasteiger partial charge in [-0.15, -0.1) is 0 Å². The monoisotopic (exact) mass is 396 g/mol. The Morgan fingerprint density at radius 1 is 1.24 bits per heavy atom. The third-order valence-electron chi connectivity index (χ3n) is 3.30. The van der Waals surface area contributed by atoms with Crippen molar-refractivity contribution < 1.29 is 16.8 Å². The molecule has 1 aliphatic rings. The molecule has 1 unspecified atom stereocenters. The highest BCUT2D eigenvalue weighted by Crippen LogP contribution is 2.22. The molecular weight excluding hydrogens is 380 g/mol. The molecule has 1 N–H and O–H groups in total. The molecule has 1 saturated heterocycles. The summed E-state index contributed by atoms with van der Waals surface area (Å²) in [6, 6.07) is 6.12. The summed E-state index contributed by atoms with van der Waals surface area (Å²) >= 11 is 3.22. The number of piperidine rings is 1. The Balaban J connectivity index is 2.16. The molecule has 0 radical (unpaired) electrons. The lowest BCUT2D eigenvalue weighted by atomic mass is 10.1. The second-order valence-corrected chi connectivity index (χ2v) is 9.53. The van der Waals surface area contributed by atoms with E-state index < -0.39 is 26.1 Å². The lowest BCUT2D eigenvalue weighted by molar-refractivity contribution is 0.305. The van der Waals surface area contributed by atoms with Crippen LogP contribution in [-0.2, 0) is 20.0 Å². The minimum atomic E-state index is -3.68. The summed E-state index contributed by atoms with van der Waals surface area (Å²) in [6.45, 7) is 0.606. The molecule has 118 valence electrons. The Morgan fingerprint density at radius 2 is 1.90 bits per heavy atom.